The molecule has 0 radical (unpaired) electrons. The van der Waals surface area contributed by atoms with Crippen LogP contribution in [0.25, 0.3) is 0 Å². The third kappa shape index (κ3) is 6.16. The summed E-state index contributed by atoms with van der Waals surface area (Å²) in [6.07, 6.45) is 4.89. The lowest BCUT2D eigenvalue weighted by atomic mass is 9.87. The van der Waals surface area contributed by atoms with Crippen molar-refractivity contribution >= 4 is 11.8 Å². The van der Waals surface area contributed by atoms with Gasteiger partial charge >= 0.3 is 0 Å². The minimum absolute atomic E-state index is 0.0887. The summed E-state index contributed by atoms with van der Waals surface area (Å²) in [6.45, 7) is 7.33. The van der Waals surface area contributed by atoms with Gasteiger partial charge in [-0.25, -0.2) is 4.98 Å². The van der Waals surface area contributed by atoms with Crippen molar-refractivity contribution in [3.8, 4) is 5.88 Å². The summed E-state index contributed by atoms with van der Waals surface area (Å²) in [5, 5.41) is 5.46. The molecule has 1 aromatic rings. The van der Waals surface area contributed by atoms with Crippen molar-refractivity contribution in [1.29, 1.82) is 0 Å². The molecule has 0 aromatic carbocycles. The quantitative estimate of drug-likeness (QED) is 0.697. The number of hydrogen-bond donors (Lipinski definition) is 2. The lowest BCUT2D eigenvalue weighted by Gasteiger charge is -2.25. The number of hydrogen-bond acceptors (Lipinski definition) is 5. The molecule has 2 amide bonds. The van der Waals surface area contributed by atoms with Crippen molar-refractivity contribution in [1.82, 2.24) is 15.6 Å². The van der Waals surface area contributed by atoms with Crippen molar-refractivity contribution in [3.05, 3.63) is 23.4 Å². The molecule has 2 N–H and O–H groups in total. The van der Waals surface area contributed by atoms with Gasteiger partial charge in [0.15, 0.2) is 0 Å². The van der Waals surface area contributed by atoms with E-state index in [1.807, 2.05) is 26.8 Å². The van der Waals surface area contributed by atoms with Crippen molar-refractivity contribution in [2.24, 2.45) is 5.41 Å². The lowest BCUT2D eigenvalue weighted by molar-refractivity contribution is -0.123. The highest BCUT2D eigenvalue weighted by atomic mass is 16.5. The zero-order valence-corrected chi connectivity index (χ0v) is 17.9. The largest absolute Gasteiger partial charge is 0.475 e. The van der Waals surface area contributed by atoms with Gasteiger partial charge < -0.3 is 20.1 Å². The molecule has 160 valence electrons. The van der Waals surface area contributed by atoms with Crippen LogP contribution in [-0.4, -0.2) is 49.2 Å². The normalized spacial score (nSPS) is 20.2. The number of carbonyl (C=O) groups is 2. The molecule has 1 aliphatic carbocycles. The molecule has 3 rings (SSSR count). The van der Waals surface area contributed by atoms with Crippen LogP contribution in [0.3, 0.4) is 0 Å². The van der Waals surface area contributed by atoms with Gasteiger partial charge in [-0.2, -0.15) is 0 Å². The second-order valence-electron chi connectivity index (χ2n) is 9.22. The number of ether oxygens (including phenoxy) is 2. The number of nitrogens with zero attached hydrogens (tertiary/aromatic N) is 1. The van der Waals surface area contributed by atoms with Crippen molar-refractivity contribution in [2.45, 2.75) is 70.9 Å². The fourth-order valence-electron chi connectivity index (χ4n) is 3.57. The maximum absolute atomic E-state index is 12.8. The molecule has 2 unspecified atom stereocenters. The monoisotopic (exact) mass is 403 g/mol. The molecule has 2 fully saturated rings. The van der Waals surface area contributed by atoms with E-state index in [1.54, 1.807) is 13.1 Å². The second kappa shape index (κ2) is 9.11. The first-order valence-corrected chi connectivity index (χ1v) is 10.5. The number of carbonyl (C=O) groups excluding carboxylic acids is 2. The van der Waals surface area contributed by atoms with Crippen LogP contribution >= 0.6 is 0 Å². The Kier molecular flexibility index (Phi) is 6.77. The molecule has 0 spiro atoms. The summed E-state index contributed by atoms with van der Waals surface area (Å²) in [7, 11) is 1.57. The molecular formula is C22H33N3O4. The molecule has 2 atom stereocenters. The van der Waals surface area contributed by atoms with E-state index in [9.17, 15) is 9.59 Å². The third-order valence-electron chi connectivity index (χ3n) is 5.25. The summed E-state index contributed by atoms with van der Waals surface area (Å²) in [5.41, 5.74) is 1.21. The molecule has 2 aliphatic rings. The maximum atomic E-state index is 12.8. The Morgan fingerprint density at radius 3 is 2.62 bits per heavy atom. The highest BCUT2D eigenvalue weighted by Gasteiger charge is 2.30. The summed E-state index contributed by atoms with van der Waals surface area (Å²) in [6, 6.07) is 3.04. The molecule has 0 bridgehead atoms. The van der Waals surface area contributed by atoms with Gasteiger partial charge in [0, 0.05) is 19.2 Å². The third-order valence-corrected chi connectivity index (χ3v) is 5.25. The first-order valence-electron chi connectivity index (χ1n) is 10.5. The molecule has 1 saturated heterocycles. The van der Waals surface area contributed by atoms with E-state index in [0.29, 0.717) is 24.8 Å². The van der Waals surface area contributed by atoms with Crippen LogP contribution in [-0.2, 0) is 9.53 Å². The van der Waals surface area contributed by atoms with E-state index in [-0.39, 0.29) is 29.0 Å². The minimum Gasteiger partial charge on any atom is -0.475 e. The molecule has 1 aromatic heterocycles. The van der Waals surface area contributed by atoms with Gasteiger partial charge in [-0.05, 0) is 49.5 Å². The SMILES string of the molecule is CNC(=O)C(CC(C)(C)C)NC(=O)c1ccc(C2CC2)c(OCC2CCCO2)n1. The number of amides is 2. The molecule has 1 aliphatic heterocycles. The Morgan fingerprint density at radius 2 is 2.03 bits per heavy atom. The van der Waals surface area contributed by atoms with Crippen molar-refractivity contribution < 1.29 is 19.1 Å². The van der Waals surface area contributed by atoms with Crippen LogP contribution in [0.1, 0.15) is 74.8 Å². The average molecular weight is 404 g/mol. The molecule has 29 heavy (non-hydrogen) atoms. The van der Waals surface area contributed by atoms with Gasteiger partial charge in [-0.3, -0.25) is 9.59 Å². The van der Waals surface area contributed by atoms with Crippen LogP contribution in [0.15, 0.2) is 12.1 Å². The van der Waals surface area contributed by atoms with E-state index in [0.717, 1.165) is 37.9 Å². The van der Waals surface area contributed by atoms with Crippen LogP contribution in [0, 0.1) is 5.41 Å². The molecule has 2 heterocycles. The van der Waals surface area contributed by atoms with E-state index < -0.39 is 6.04 Å². The van der Waals surface area contributed by atoms with E-state index in [2.05, 4.69) is 15.6 Å². The molecular weight excluding hydrogens is 370 g/mol. The number of pyridine rings is 1. The molecule has 7 nitrogen and oxygen atoms in total. The number of nitrogens with one attached hydrogen (secondary N) is 2. The van der Waals surface area contributed by atoms with E-state index in [4.69, 9.17) is 9.47 Å². The minimum atomic E-state index is -0.617. The number of aromatic nitrogens is 1. The maximum Gasteiger partial charge on any atom is 0.270 e. The Bertz CT molecular complexity index is 734. The zero-order chi connectivity index (χ0) is 21.0. The summed E-state index contributed by atoms with van der Waals surface area (Å²) in [4.78, 5) is 29.6. The summed E-state index contributed by atoms with van der Waals surface area (Å²) in [5.74, 6) is 0.395. The second-order valence-corrected chi connectivity index (χ2v) is 9.22. The summed E-state index contributed by atoms with van der Waals surface area (Å²) < 4.78 is 11.6. The van der Waals surface area contributed by atoms with Crippen LogP contribution in [0.2, 0.25) is 0 Å². The highest BCUT2D eigenvalue weighted by molar-refractivity contribution is 5.96. The predicted molar refractivity (Wildman–Crippen MR) is 110 cm³/mol. The Labute approximate surface area is 172 Å². The van der Waals surface area contributed by atoms with Gasteiger partial charge in [0.25, 0.3) is 5.91 Å². The van der Waals surface area contributed by atoms with Gasteiger partial charge in [0.2, 0.25) is 11.8 Å². The van der Waals surface area contributed by atoms with Gasteiger partial charge in [0.05, 0.1) is 6.10 Å². The Hall–Kier alpha value is -2.15. The average Bonchev–Trinajstić information content (AvgIpc) is 3.38. The first kappa shape index (κ1) is 21.6. The number of likely N-dealkylation sites (N-methyl/N-ethyl adjacent to an activating group) is 1. The first-order chi connectivity index (χ1) is 13.8. The summed E-state index contributed by atoms with van der Waals surface area (Å²) >= 11 is 0. The van der Waals surface area contributed by atoms with Crippen LogP contribution in [0.5, 0.6) is 5.88 Å². The fourth-order valence-corrected chi connectivity index (χ4v) is 3.57. The van der Waals surface area contributed by atoms with Crippen LogP contribution in [0.4, 0.5) is 0 Å². The van der Waals surface area contributed by atoms with Gasteiger partial charge in [-0.1, -0.05) is 26.8 Å². The smallest absolute Gasteiger partial charge is 0.270 e. The van der Waals surface area contributed by atoms with E-state index in [1.165, 1.54) is 0 Å². The zero-order valence-electron chi connectivity index (χ0n) is 17.9. The van der Waals surface area contributed by atoms with Gasteiger partial charge in [0.1, 0.15) is 18.3 Å². The molecule has 7 heteroatoms. The Morgan fingerprint density at radius 1 is 1.28 bits per heavy atom. The predicted octanol–water partition coefficient (Wildman–Crippen LogP) is 2.80. The standard InChI is InChI=1S/C22H33N3O4/c1-22(2,3)12-18(19(26)23-4)24-20(27)17-10-9-16(14-7-8-14)21(25-17)29-13-15-6-5-11-28-15/h9-10,14-15,18H,5-8,11-13H2,1-4H3,(H,23,26)(H,24,27). The van der Waals surface area contributed by atoms with E-state index >= 15 is 0 Å². The fraction of sp³-hybridized carbons (Fsp3) is 0.682. The van der Waals surface area contributed by atoms with Crippen LogP contribution < -0.4 is 15.4 Å². The highest BCUT2D eigenvalue weighted by Crippen LogP contribution is 2.43. The van der Waals surface area contributed by atoms with Gasteiger partial charge in [-0.15, -0.1) is 0 Å². The Balaban J connectivity index is 1.73. The lowest BCUT2D eigenvalue weighted by Crippen LogP contribution is -2.47. The molecule has 1 saturated carbocycles. The topological polar surface area (TPSA) is 89.6 Å². The number of rotatable bonds is 8. The van der Waals surface area contributed by atoms with Crippen molar-refractivity contribution in [2.75, 3.05) is 20.3 Å². The van der Waals surface area contributed by atoms with Crippen molar-refractivity contribution in [3.63, 3.8) is 0 Å².